The van der Waals surface area contributed by atoms with Crippen molar-refractivity contribution in [3.8, 4) is 0 Å². The van der Waals surface area contributed by atoms with Crippen LogP contribution in [0.15, 0.2) is 24.5 Å². The first kappa shape index (κ1) is 10.7. The van der Waals surface area contributed by atoms with Gasteiger partial charge in [-0.05, 0) is 12.1 Å². The molecule has 0 aliphatic carbocycles. The molecule has 1 aliphatic heterocycles. The molecule has 0 radical (unpaired) electrons. The standard InChI is InChI=1S/C10H9ClN4OS/c11-9-2-1-8(17-9)10(16)14-5-7(6-14)15-12-3-4-13-15/h1-4,7H,5-6H2. The summed E-state index contributed by atoms with van der Waals surface area (Å²) in [4.78, 5) is 16.1. The molecule has 0 unspecified atom stereocenters. The number of thiophene rings is 1. The zero-order chi connectivity index (χ0) is 11.8. The van der Waals surface area contributed by atoms with Crippen molar-refractivity contribution in [2.75, 3.05) is 13.1 Å². The van der Waals surface area contributed by atoms with Crippen LogP contribution in [0.3, 0.4) is 0 Å². The van der Waals surface area contributed by atoms with Gasteiger partial charge in [0, 0.05) is 13.1 Å². The Labute approximate surface area is 107 Å². The summed E-state index contributed by atoms with van der Waals surface area (Å²) in [5.41, 5.74) is 0. The molecule has 17 heavy (non-hydrogen) atoms. The fourth-order valence-electron chi connectivity index (χ4n) is 1.77. The topological polar surface area (TPSA) is 51.0 Å². The molecule has 0 spiro atoms. The van der Waals surface area contributed by atoms with E-state index in [0.717, 1.165) is 0 Å². The molecule has 7 heteroatoms. The quantitative estimate of drug-likeness (QED) is 0.833. The Kier molecular flexibility index (Phi) is 2.60. The smallest absolute Gasteiger partial charge is 0.264 e. The number of hydrogen-bond acceptors (Lipinski definition) is 4. The van der Waals surface area contributed by atoms with Crippen LogP contribution in [0.4, 0.5) is 0 Å². The molecule has 1 saturated heterocycles. The van der Waals surface area contributed by atoms with E-state index in [0.29, 0.717) is 22.3 Å². The van der Waals surface area contributed by atoms with Crippen molar-refractivity contribution in [1.82, 2.24) is 19.9 Å². The SMILES string of the molecule is O=C(c1ccc(Cl)s1)N1CC(n2nccn2)C1. The molecule has 5 nitrogen and oxygen atoms in total. The van der Waals surface area contributed by atoms with Crippen LogP contribution in [0.25, 0.3) is 0 Å². The maximum atomic E-state index is 12.0. The average Bonchev–Trinajstić information content (AvgIpc) is 2.86. The molecule has 1 fully saturated rings. The minimum absolute atomic E-state index is 0.0327. The van der Waals surface area contributed by atoms with Gasteiger partial charge < -0.3 is 4.90 Å². The van der Waals surface area contributed by atoms with Gasteiger partial charge in [0.1, 0.15) is 6.04 Å². The monoisotopic (exact) mass is 268 g/mol. The molecule has 0 atom stereocenters. The van der Waals surface area contributed by atoms with E-state index in [1.807, 2.05) is 0 Å². The third-order valence-corrected chi connectivity index (χ3v) is 3.92. The largest absolute Gasteiger partial charge is 0.333 e. The molecule has 1 aliphatic rings. The van der Waals surface area contributed by atoms with Gasteiger partial charge in [0.05, 0.1) is 21.6 Å². The van der Waals surface area contributed by atoms with Gasteiger partial charge in [-0.15, -0.1) is 11.3 Å². The van der Waals surface area contributed by atoms with Gasteiger partial charge in [-0.3, -0.25) is 4.79 Å². The third kappa shape index (κ3) is 1.94. The highest BCUT2D eigenvalue weighted by Crippen LogP contribution is 2.26. The number of rotatable bonds is 2. The van der Waals surface area contributed by atoms with Gasteiger partial charge >= 0.3 is 0 Å². The van der Waals surface area contributed by atoms with E-state index in [1.165, 1.54) is 11.3 Å². The first-order valence-electron chi connectivity index (χ1n) is 5.14. The predicted molar refractivity (Wildman–Crippen MR) is 64.3 cm³/mol. The second kappa shape index (κ2) is 4.12. The summed E-state index contributed by atoms with van der Waals surface area (Å²) in [6, 6.07) is 3.70. The number of carbonyl (C=O) groups excluding carboxylic acids is 1. The number of nitrogens with zero attached hydrogens (tertiary/aromatic N) is 4. The van der Waals surface area contributed by atoms with Crippen molar-refractivity contribution in [3.05, 3.63) is 33.7 Å². The minimum atomic E-state index is 0.0327. The van der Waals surface area contributed by atoms with E-state index in [9.17, 15) is 4.79 Å². The summed E-state index contributed by atoms with van der Waals surface area (Å²) in [7, 11) is 0. The van der Waals surface area contributed by atoms with Crippen molar-refractivity contribution >= 4 is 28.8 Å². The number of likely N-dealkylation sites (tertiary alicyclic amines) is 1. The maximum absolute atomic E-state index is 12.0. The second-order valence-electron chi connectivity index (χ2n) is 3.82. The number of amides is 1. The zero-order valence-corrected chi connectivity index (χ0v) is 10.4. The summed E-state index contributed by atoms with van der Waals surface area (Å²) >= 11 is 7.11. The van der Waals surface area contributed by atoms with Crippen LogP contribution < -0.4 is 0 Å². The molecular formula is C10H9ClN4OS. The Hall–Kier alpha value is -1.40. The molecular weight excluding hydrogens is 260 g/mol. The Bertz CT molecular complexity index is 532. The molecule has 3 rings (SSSR count). The fraction of sp³-hybridized carbons (Fsp3) is 0.300. The molecule has 0 bridgehead atoms. The lowest BCUT2D eigenvalue weighted by molar-refractivity contribution is 0.0481. The van der Waals surface area contributed by atoms with E-state index in [4.69, 9.17) is 11.6 Å². The van der Waals surface area contributed by atoms with E-state index < -0.39 is 0 Å². The maximum Gasteiger partial charge on any atom is 0.264 e. The lowest BCUT2D eigenvalue weighted by Gasteiger charge is -2.37. The van der Waals surface area contributed by atoms with Crippen LogP contribution in [-0.4, -0.2) is 38.9 Å². The van der Waals surface area contributed by atoms with Crippen molar-refractivity contribution in [2.45, 2.75) is 6.04 Å². The van der Waals surface area contributed by atoms with Crippen molar-refractivity contribution in [1.29, 1.82) is 0 Å². The lowest BCUT2D eigenvalue weighted by Crippen LogP contribution is -2.51. The first-order valence-corrected chi connectivity index (χ1v) is 6.34. The Morgan fingerprint density at radius 3 is 2.65 bits per heavy atom. The van der Waals surface area contributed by atoms with Crippen molar-refractivity contribution in [3.63, 3.8) is 0 Å². The van der Waals surface area contributed by atoms with Gasteiger partial charge in [0.2, 0.25) is 0 Å². The van der Waals surface area contributed by atoms with Crippen LogP contribution in [-0.2, 0) is 0 Å². The summed E-state index contributed by atoms with van der Waals surface area (Å²) in [6.07, 6.45) is 3.28. The molecule has 0 N–H and O–H groups in total. The summed E-state index contributed by atoms with van der Waals surface area (Å²) in [5, 5.41) is 8.12. The van der Waals surface area contributed by atoms with Gasteiger partial charge in [0.15, 0.2) is 0 Å². The molecule has 0 saturated carbocycles. The van der Waals surface area contributed by atoms with E-state index in [1.54, 1.807) is 34.2 Å². The fourth-order valence-corrected chi connectivity index (χ4v) is 2.78. The summed E-state index contributed by atoms with van der Waals surface area (Å²) in [6.45, 7) is 1.31. The minimum Gasteiger partial charge on any atom is -0.333 e. The van der Waals surface area contributed by atoms with Crippen LogP contribution in [0.1, 0.15) is 15.7 Å². The molecule has 88 valence electrons. The molecule has 2 aromatic heterocycles. The Morgan fingerprint density at radius 2 is 2.06 bits per heavy atom. The average molecular weight is 269 g/mol. The molecule has 1 amide bonds. The normalized spacial score (nSPS) is 15.9. The van der Waals surface area contributed by atoms with Gasteiger partial charge in [-0.1, -0.05) is 11.6 Å². The van der Waals surface area contributed by atoms with Crippen LogP contribution in [0.2, 0.25) is 4.34 Å². The number of carbonyl (C=O) groups is 1. The summed E-state index contributed by atoms with van der Waals surface area (Å²) < 4.78 is 0.638. The molecule has 2 aromatic rings. The molecule has 3 heterocycles. The highest BCUT2D eigenvalue weighted by Gasteiger charge is 2.33. The second-order valence-corrected chi connectivity index (χ2v) is 5.53. The van der Waals surface area contributed by atoms with E-state index in [-0.39, 0.29) is 11.9 Å². The first-order chi connectivity index (χ1) is 8.24. The highest BCUT2D eigenvalue weighted by molar-refractivity contribution is 7.17. The number of hydrogen-bond donors (Lipinski definition) is 0. The van der Waals surface area contributed by atoms with E-state index in [2.05, 4.69) is 10.2 Å². The van der Waals surface area contributed by atoms with E-state index >= 15 is 0 Å². The summed E-state index contributed by atoms with van der Waals surface area (Å²) in [5.74, 6) is 0.0327. The van der Waals surface area contributed by atoms with Gasteiger partial charge in [-0.25, -0.2) is 0 Å². The number of aromatic nitrogens is 3. The lowest BCUT2D eigenvalue weighted by atomic mass is 10.1. The Balaban J connectivity index is 1.64. The molecule has 0 aromatic carbocycles. The van der Waals surface area contributed by atoms with Crippen LogP contribution in [0, 0.1) is 0 Å². The van der Waals surface area contributed by atoms with Crippen LogP contribution in [0.5, 0.6) is 0 Å². The zero-order valence-electron chi connectivity index (χ0n) is 8.78. The Morgan fingerprint density at radius 1 is 1.35 bits per heavy atom. The number of halogens is 1. The highest BCUT2D eigenvalue weighted by atomic mass is 35.5. The van der Waals surface area contributed by atoms with Gasteiger partial charge in [-0.2, -0.15) is 15.0 Å². The van der Waals surface area contributed by atoms with Gasteiger partial charge in [0.25, 0.3) is 5.91 Å². The van der Waals surface area contributed by atoms with Crippen LogP contribution >= 0.6 is 22.9 Å². The third-order valence-electron chi connectivity index (χ3n) is 2.70. The predicted octanol–water partition coefficient (Wildman–Crippen LogP) is 1.69. The van der Waals surface area contributed by atoms with Crippen molar-refractivity contribution in [2.24, 2.45) is 0 Å². The van der Waals surface area contributed by atoms with Crippen molar-refractivity contribution < 1.29 is 4.79 Å².